The molecule has 0 atom stereocenters. The number of phenols is 6. The van der Waals surface area contributed by atoms with Gasteiger partial charge in [-0.15, -0.1) is 0 Å². The van der Waals surface area contributed by atoms with E-state index in [1.807, 2.05) is 90.4 Å². The summed E-state index contributed by atoms with van der Waals surface area (Å²) < 4.78 is 12.2. The van der Waals surface area contributed by atoms with Crippen molar-refractivity contribution in [2.45, 2.75) is 12.8 Å². The molecule has 0 fully saturated rings. The van der Waals surface area contributed by atoms with Crippen LogP contribution in [0, 0.1) is 14.3 Å². The highest BCUT2D eigenvalue weighted by Crippen LogP contribution is 2.45. The quantitative estimate of drug-likeness (QED) is 0.186. The van der Waals surface area contributed by atoms with E-state index in [-0.39, 0.29) is 23.0 Å². The third-order valence-corrected chi connectivity index (χ3v) is 9.50. The maximum absolute atomic E-state index is 9.64. The molecule has 0 saturated heterocycles. The van der Waals surface area contributed by atoms with Gasteiger partial charge in [0.25, 0.3) is 0 Å². The second-order valence-electron chi connectivity index (χ2n) is 5.79. The van der Waals surface area contributed by atoms with Gasteiger partial charge in [-0.05, 0) is 102 Å². The van der Waals surface area contributed by atoms with Crippen molar-refractivity contribution in [3.8, 4) is 34.5 Å². The third kappa shape index (κ3) is 6.55. The normalized spacial score (nSPS) is 10.6. The van der Waals surface area contributed by atoms with Gasteiger partial charge in [0.05, 0.1) is 23.9 Å². The van der Waals surface area contributed by atoms with Crippen LogP contribution >= 0.6 is 90.4 Å². The lowest BCUT2D eigenvalue weighted by atomic mass is 10.1. The second-order valence-corrected chi connectivity index (χ2v) is 10.1. The summed E-state index contributed by atoms with van der Waals surface area (Å²) in [5.41, 5.74) is 1.38. The number of hydrogen-bond acceptors (Lipinski definition) is 8. The first-order chi connectivity index (χ1) is 14.0. The minimum absolute atomic E-state index is 0.269. The summed E-state index contributed by atoms with van der Waals surface area (Å²) in [5.74, 6) is -2.04. The average Bonchev–Trinajstić information content (AvgIpc) is 2.74. The number of phenolic OH excluding ortho intramolecular Hbond substituents is 6. The van der Waals surface area contributed by atoms with E-state index in [1.165, 1.54) is 0 Å². The SMILES string of the molecule is COCCc1c(I)c(O)c(O)c(O)c1I.COCCc1c(O)c(O)c(O)c(I)c1I. The van der Waals surface area contributed by atoms with E-state index < -0.39 is 11.5 Å². The van der Waals surface area contributed by atoms with Crippen molar-refractivity contribution in [1.29, 1.82) is 0 Å². The van der Waals surface area contributed by atoms with Crippen molar-refractivity contribution in [2.24, 2.45) is 0 Å². The Morgan fingerprint density at radius 1 is 0.500 bits per heavy atom. The molecule has 0 aliphatic rings. The molecule has 2 aromatic carbocycles. The van der Waals surface area contributed by atoms with E-state index in [2.05, 4.69) is 0 Å². The van der Waals surface area contributed by atoms with Gasteiger partial charge >= 0.3 is 0 Å². The van der Waals surface area contributed by atoms with Crippen LogP contribution in [0.1, 0.15) is 11.1 Å². The van der Waals surface area contributed by atoms with Gasteiger partial charge in [-0.25, -0.2) is 0 Å². The summed E-state index contributed by atoms with van der Waals surface area (Å²) in [5, 5.41) is 57.0. The highest BCUT2D eigenvalue weighted by atomic mass is 127. The van der Waals surface area contributed by atoms with Gasteiger partial charge in [-0.3, -0.25) is 0 Å². The highest BCUT2D eigenvalue weighted by Gasteiger charge is 2.21. The monoisotopic (exact) mass is 872 g/mol. The predicted octanol–water partition coefficient (Wildman–Crippen LogP) is 4.40. The first kappa shape index (κ1) is 28.1. The summed E-state index contributed by atoms with van der Waals surface area (Å²) in [7, 11) is 3.15. The molecule has 0 heterocycles. The lowest BCUT2D eigenvalue weighted by Gasteiger charge is -2.12. The highest BCUT2D eigenvalue weighted by molar-refractivity contribution is 14.1. The number of methoxy groups -OCH3 is 2. The molecule has 2 rings (SSSR count). The van der Waals surface area contributed by atoms with E-state index >= 15 is 0 Å². The molecule has 30 heavy (non-hydrogen) atoms. The first-order valence-electron chi connectivity index (χ1n) is 8.20. The van der Waals surface area contributed by atoms with Crippen molar-refractivity contribution in [3.63, 3.8) is 0 Å². The molecule has 0 spiro atoms. The van der Waals surface area contributed by atoms with Gasteiger partial charge in [0.1, 0.15) is 0 Å². The number of halogens is 4. The van der Waals surface area contributed by atoms with E-state index in [4.69, 9.17) is 9.47 Å². The zero-order chi connectivity index (χ0) is 23.2. The lowest BCUT2D eigenvalue weighted by Crippen LogP contribution is -2.00. The van der Waals surface area contributed by atoms with Crippen LogP contribution in [0.15, 0.2) is 0 Å². The van der Waals surface area contributed by atoms with Crippen LogP contribution in [-0.2, 0) is 22.3 Å². The fraction of sp³-hybridized carbons (Fsp3) is 0.333. The Labute approximate surface area is 228 Å². The minimum atomic E-state index is -0.468. The zero-order valence-electron chi connectivity index (χ0n) is 15.8. The van der Waals surface area contributed by atoms with Crippen molar-refractivity contribution in [3.05, 3.63) is 25.4 Å². The molecule has 6 N–H and O–H groups in total. The van der Waals surface area contributed by atoms with Crippen molar-refractivity contribution in [2.75, 3.05) is 27.4 Å². The second kappa shape index (κ2) is 12.9. The van der Waals surface area contributed by atoms with Crippen LogP contribution in [0.4, 0.5) is 0 Å². The number of ether oxygens (including phenoxy) is 2. The Hall–Kier alpha value is 0.0800. The Kier molecular flexibility index (Phi) is 12.1. The Morgan fingerprint density at radius 3 is 1.30 bits per heavy atom. The Balaban J connectivity index is 0.000000300. The van der Waals surface area contributed by atoms with Gasteiger partial charge in [0, 0.05) is 29.8 Å². The zero-order valence-corrected chi connectivity index (χ0v) is 24.5. The molecule has 0 amide bonds. The van der Waals surface area contributed by atoms with Gasteiger partial charge < -0.3 is 40.1 Å². The molecule has 8 nitrogen and oxygen atoms in total. The average molecular weight is 872 g/mol. The van der Waals surface area contributed by atoms with E-state index in [0.29, 0.717) is 42.3 Å². The number of hydrogen-bond donors (Lipinski definition) is 6. The van der Waals surface area contributed by atoms with Crippen molar-refractivity contribution >= 4 is 90.4 Å². The van der Waals surface area contributed by atoms with Crippen LogP contribution in [0.25, 0.3) is 0 Å². The summed E-state index contributed by atoms with van der Waals surface area (Å²) in [4.78, 5) is 0. The molecular formula is C18H20I4O8. The molecule has 0 unspecified atom stereocenters. The largest absolute Gasteiger partial charge is 0.504 e. The predicted molar refractivity (Wildman–Crippen MR) is 145 cm³/mol. The summed E-state index contributed by atoms with van der Waals surface area (Å²) in [6.07, 6.45) is 1.07. The summed E-state index contributed by atoms with van der Waals surface area (Å²) in [6.45, 7) is 0.944. The minimum Gasteiger partial charge on any atom is -0.504 e. The molecule has 168 valence electrons. The maximum Gasteiger partial charge on any atom is 0.202 e. The smallest absolute Gasteiger partial charge is 0.202 e. The van der Waals surface area contributed by atoms with E-state index in [9.17, 15) is 30.6 Å². The number of aromatic hydroxyl groups is 6. The summed E-state index contributed by atoms with van der Waals surface area (Å²) in [6, 6.07) is 0. The van der Waals surface area contributed by atoms with Crippen LogP contribution in [0.3, 0.4) is 0 Å². The molecule has 0 aliphatic heterocycles. The van der Waals surface area contributed by atoms with Crippen LogP contribution in [0.2, 0.25) is 0 Å². The first-order valence-corrected chi connectivity index (χ1v) is 12.5. The van der Waals surface area contributed by atoms with E-state index in [1.54, 1.807) is 14.2 Å². The Bertz CT molecular complexity index is 773. The fourth-order valence-corrected chi connectivity index (χ4v) is 5.72. The van der Waals surface area contributed by atoms with Crippen LogP contribution in [-0.4, -0.2) is 58.1 Å². The van der Waals surface area contributed by atoms with Gasteiger partial charge in [0.2, 0.25) is 11.5 Å². The molecule has 0 bridgehead atoms. The summed E-state index contributed by atoms with van der Waals surface area (Å²) >= 11 is 7.80. The Morgan fingerprint density at radius 2 is 0.867 bits per heavy atom. The van der Waals surface area contributed by atoms with Gasteiger partial charge in [0.15, 0.2) is 23.0 Å². The molecule has 0 radical (unpaired) electrons. The van der Waals surface area contributed by atoms with Gasteiger partial charge in [-0.1, -0.05) is 0 Å². The van der Waals surface area contributed by atoms with Gasteiger partial charge in [-0.2, -0.15) is 0 Å². The van der Waals surface area contributed by atoms with Crippen molar-refractivity contribution in [1.82, 2.24) is 0 Å². The fourth-order valence-electron chi connectivity index (χ4n) is 2.26. The molecule has 2 aromatic rings. The molecule has 0 aliphatic carbocycles. The molecule has 0 aromatic heterocycles. The topological polar surface area (TPSA) is 140 Å². The standard InChI is InChI=1S/2C9H10I2O4/c1-15-3-2-4-5(10)6(11)8(13)9(14)7(4)12;1-15-3-2-4-5(10)7(12)9(14)8(13)6(4)11/h2*12-14H,2-3H2,1H3. The molecular weight excluding hydrogens is 852 g/mol. The lowest BCUT2D eigenvalue weighted by molar-refractivity contribution is 0.201. The molecule has 0 saturated carbocycles. The number of rotatable bonds is 6. The number of benzene rings is 2. The van der Waals surface area contributed by atoms with Crippen LogP contribution in [0.5, 0.6) is 34.5 Å². The van der Waals surface area contributed by atoms with Crippen molar-refractivity contribution < 1.29 is 40.1 Å². The third-order valence-electron chi connectivity index (χ3n) is 3.91. The van der Waals surface area contributed by atoms with E-state index in [0.717, 1.165) is 9.13 Å². The van der Waals surface area contributed by atoms with Crippen LogP contribution < -0.4 is 0 Å². The maximum atomic E-state index is 9.64. The molecule has 12 heteroatoms.